The lowest BCUT2D eigenvalue weighted by Crippen LogP contribution is -2.18. The van der Waals surface area contributed by atoms with Gasteiger partial charge in [0.2, 0.25) is 0 Å². The number of ether oxygens (including phenoxy) is 2. The van der Waals surface area contributed by atoms with Crippen molar-refractivity contribution in [3.8, 4) is 11.5 Å². The second-order valence-electron chi connectivity index (χ2n) is 4.74. The van der Waals surface area contributed by atoms with E-state index < -0.39 is 0 Å². The maximum atomic E-state index is 5.65. The van der Waals surface area contributed by atoms with Gasteiger partial charge >= 0.3 is 0 Å². The third-order valence-corrected chi connectivity index (χ3v) is 2.81. The SMILES string of the molecule is COc1ccc(OCc2cn(CCN(C)C)nn2)cc1. The molecular weight excluding hydrogens is 256 g/mol. The van der Waals surface area contributed by atoms with Gasteiger partial charge in [-0.1, -0.05) is 5.21 Å². The predicted molar refractivity (Wildman–Crippen MR) is 75.9 cm³/mol. The maximum Gasteiger partial charge on any atom is 0.134 e. The Kier molecular flexibility index (Phi) is 4.95. The van der Waals surface area contributed by atoms with E-state index in [0.717, 1.165) is 30.3 Å². The maximum absolute atomic E-state index is 5.65. The molecule has 0 bridgehead atoms. The zero-order valence-corrected chi connectivity index (χ0v) is 12.1. The molecule has 0 unspecified atom stereocenters. The van der Waals surface area contributed by atoms with Crippen molar-refractivity contribution in [1.29, 1.82) is 0 Å². The quantitative estimate of drug-likeness (QED) is 0.765. The van der Waals surface area contributed by atoms with E-state index in [1.54, 1.807) is 7.11 Å². The van der Waals surface area contributed by atoms with Gasteiger partial charge in [-0.2, -0.15) is 0 Å². The van der Waals surface area contributed by atoms with Gasteiger partial charge in [-0.15, -0.1) is 5.10 Å². The van der Waals surface area contributed by atoms with Gasteiger partial charge in [0.1, 0.15) is 23.8 Å². The molecule has 0 N–H and O–H groups in total. The highest BCUT2D eigenvalue weighted by molar-refractivity contribution is 5.31. The topological polar surface area (TPSA) is 52.4 Å². The van der Waals surface area contributed by atoms with Gasteiger partial charge in [0.25, 0.3) is 0 Å². The predicted octanol–water partition coefficient (Wildman–Crippen LogP) is 1.43. The minimum Gasteiger partial charge on any atom is -0.497 e. The molecular formula is C14H20N4O2. The van der Waals surface area contributed by atoms with Crippen LogP contribution < -0.4 is 9.47 Å². The summed E-state index contributed by atoms with van der Waals surface area (Å²) in [7, 11) is 5.71. The average Bonchev–Trinajstić information content (AvgIpc) is 2.91. The standard InChI is InChI=1S/C14H20N4O2/c1-17(2)8-9-18-10-12(15-16-18)11-20-14-6-4-13(19-3)5-7-14/h4-7,10H,8-9,11H2,1-3H3. The van der Waals surface area contributed by atoms with Gasteiger partial charge in [0, 0.05) is 6.54 Å². The van der Waals surface area contributed by atoms with E-state index in [-0.39, 0.29) is 0 Å². The van der Waals surface area contributed by atoms with Crippen molar-refractivity contribution in [3.05, 3.63) is 36.2 Å². The Balaban J connectivity index is 1.84. The third-order valence-electron chi connectivity index (χ3n) is 2.81. The van der Waals surface area contributed by atoms with Crippen LogP contribution in [-0.2, 0) is 13.2 Å². The number of hydrogen-bond donors (Lipinski definition) is 0. The monoisotopic (exact) mass is 276 g/mol. The minimum atomic E-state index is 0.411. The first-order valence-corrected chi connectivity index (χ1v) is 6.48. The first-order valence-electron chi connectivity index (χ1n) is 6.48. The molecule has 0 spiro atoms. The van der Waals surface area contributed by atoms with E-state index in [0.29, 0.717) is 6.61 Å². The Morgan fingerprint density at radius 1 is 1.15 bits per heavy atom. The van der Waals surface area contributed by atoms with Crippen LogP contribution in [0.4, 0.5) is 0 Å². The Labute approximate surface area is 118 Å². The Bertz CT molecular complexity index is 522. The number of nitrogens with zero attached hydrogens (tertiary/aromatic N) is 4. The molecule has 0 saturated heterocycles. The van der Waals surface area contributed by atoms with Gasteiger partial charge in [-0.3, -0.25) is 4.68 Å². The lowest BCUT2D eigenvalue weighted by atomic mass is 10.3. The molecule has 6 nitrogen and oxygen atoms in total. The van der Waals surface area contributed by atoms with Crippen molar-refractivity contribution in [1.82, 2.24) is 19.9 Å². The van der Waals surface area contributed by atoms with Crippen LogP contribution in [0.2, 0.25) is 0 Å². The lowest BCUT2D eigenvalue weighted by molar-refractivity contribution is 0.300. The molecule has 0 aliphatic heterocycles. The van der Waals surface area contributed by atoms with Gasteiger partial charge < -0.3 is 14.4 Å². The largest absolute Gasteiger partial charge is 0.497 e. The number of methoxy groups -OCH3 is 1. The molecule has 2 aromatic rings. The van der Waals surface area contributed by atoms with Crippen LogP contribution in [0.15, 0.2) is 30.5 Å². The first-order chi connectivity index (χ1) is 9.67. The number of hydrogen-bond acceptors (Lipinski definition) is 5. The molecule has 0 aliphatic carbocycles. The van der Waals surface area contributed by atoms with Gasteiger partial charge in [-0.05, 0) is 38.4 Å². The Morgan fingerprint density at radius 2 is 1.85 bits per heavy atom. The highest BCUT2D eigenvalue weighted by Gasteiger charge is 2.03. The molecule has 0 saturated carbocycles. The fourth-order valence-corrected chi connectivity index (χ4v) is 1.65. The van der Waals surface area contributed by atoms with Crippen LogP contribution in [0.1, 0.15) is 5.69 Å². The van der Waals surface area contributed by atoms with Crippen molar-refractivity contribution in [2.75, 3.05) is 27.7 Å². The molecule has 20 heavy (non-hydrogen) atoms. The van der Waals surface area contributed by atoms with E-state index in [2.05, 4.69) is 15.2 Å². The zero-order chi connectivity index (χ0) is 14.4. The highest BCUT2D eigenvalue weighted by Crippen LogP contribution is 2.17. The lowest BCUT2D eigenvalue weighted by Gasteiger charge is -2.07. The van der Waals surface area contributed by atoms with E-state index in [4.69, 9.17) is 9.47 Å². The molecule has 0 fully saturated rings. The molecule has 2 rings (SSSR count). The summed E-state index contributed by atoms with van der Waals surface area (Å²) in [5.41, 5.74) is 0.819. The van der Waals surface area contributed by atoms with Crippen molar-refractivity contribution >= 4 is 0 Å². The van der Waals surface area contributed by atoms with Crippen molar-refractivity contribution in [2.24, 2.45) is 0 Å². The number of benzene rings is 1. The Morgan fingerprint density at radius 3 is 2.50 bits per heavy atom. The molecule has 6 heteroatoms. The molecule has 1 aromatic heterocycles. The molecule has 0 amide bonds. The van der Waals surface area contributed by atoms with Gasteiger partial charge in [0.05, 0.1) is 19.9 Å². The first kappa shape index (κ1) is 14.3. The van der Waals surface area contributed by atoms with E-state index >= 15 is 0 Å². The highest BCUT2D eigenvalue weighted by atomic mass is 16.5. The smallest absolute Gasteiger partial charge is 0.134 e. The normalized spacial score (nSPS) is 10.8. The molecule has 1 heterocycles. The van der Waals surface area contributed by atoms with Crippen LogP contribution in [0, 0.1) is 0 Å². The van der Waals surface area contributed by atoms with Crippen LogP contribution in [-0.4, -0.2) is 47.6 Å². The van der Waals surface area contributed by atoms with Crippen LogP contribution >= 0.6 is 0 Å². The number of rotatable bonds is 7. The average molecular weight is 276 g/mol. The summed E-state index contributed by atoms with van der Waals surface area (Å²) in [5, 5.41) is 8.16. The van der Waals surface area contributed by atoms with Crippen molar-refractivity contribution in [2.45, 2.75) is 13.2 Å². The summed E-state index contributed by atoms with van der Waals surface area (Å²) in [4.78, 5) is 2.11. The molecule has 1 aromatic carbocycles. The second kappa shape index (κ2) is 6.91. The number of likely N-dealkylation sites (N-methyl/N-ethyl adjacent to an activating group) is 1. The van der Waals surface area contributed by atoms with Gasteiger partial charge in [0.15, 0.2) is 0 Å². The molecule has 0 atom stereocenters. The van der Waals surface area contributed by atoms with Crippen LogP contribution in [0.25, 0.3) is 0 Å². The molecule has 108 valence electrons. The Hall–Kier alpha value is -2.08. The molecule has 0 aliphatic rings. The summed E-state index contributed by atoms with van der Waals surface area (Å²) >= 11 is 0. The number of aromatic nitrogens is 3. The van der Waals surface area contributed by atoms with Gasteiger partial charge in [-0.25, -0.2) is 0 Å². The summed E-state index contributed by atoms with van der Waals surface area (Å²) in [6, 6.07) is 7.47. The summed E-state index contributed by atoms with van der Waals surface area (Å²) in [5.74, 6) is 1.60. The fourth-order valence-electron chi connectivity index (χ4n) is 1.65. The molecule has 0 radical (unpaired) electrons. The van der Waals surface area contributed by atoms with E-state index in [9.17, 15) is 0 Å². The minimum absolute atomic E-state index is 0.411. The van der Waals surface area contributed by atoms with Crippen LogP contribution in [0.5, 0.6) is 11.5 Å². The second-order valence-corrected chi connectivity index (χ2v) is 4.74. The summed E-state index contributed by atoms with van der Waals surface area (Å²) in [6.45, 7) is 2.17. The fraction of sp³-hybridized carbons (Fsp3) is 0.429. The van der Waals surface area contributed by atoms with Crippen LogP contribution in [0.3, 0.4) is 0 Å². The van der Waals surface area contributed by atoms with E-state index in [1.807, 2.05) is 49.2 Å². The summed E-state index contributed by atoms with van der Waals surface area (Å²) < 4.78 is 12.6. The zero-order valence-electron chi connectivity index (χ0n) is 12.1. The van der Waals surface area contributed by atoms with Crippen molar-refractivity contribution < 1.29 is 9.47 Å². The summed E-state index contributed by atoms with van der Waals surface area (Å²) in [6.07, 6.45) is 1.91. The third kappa shape index (κ3) is 4.24. The van der Waals surface area contributed by atoms with Crippen molar-refractivity contribution in [3.63, 3.8) is 0 Å². The van der Waals surface area contributed by atoms with E-state index in [1.165, 1.54) is 0 Å².